The average molecular weight is 412 g/mol. The van der Waals surface area contributed by atoms with Crippen LogP contribution < -0.4 is 10.1 Å². The Bertz CT molecular complexity index is 992. The third-order valence-electron chi connectivity index (χ3n) is 4.49. The van der Waals surface area contributed by atoms with Crippen molar-refractivity contribution in [2.75, 3.05) is 13.6 Å². The summed E-state index contributed by atoms with van der Waals surface area (Å²) in [5, 5.41) is 10.5. The Morgan fingerprint density at radius 2 is 2.00 bits per heavy atom. The maximum atomic E-state index is 13.2. The molecule has 7 nitrogen and oxygen atoms in total. The van der Waals surface area contributed by atoms with Gasteiger partial charge in [-0.05, 0) is 56.8 Å². The zero-order valence-electron chi connectivity index (χ0n) is 17.3. The smallest absolute Gasteiger partial charge is 0.251 e. The number of nitrogens with zero attached hydrogens (tertiary/aromatic N) is 3. The van der Waals surface area contributed by atoms with Gasteiger partial charge in [0.2, 0.25) is 0 Å². The second-order valence-corrected chi connectivity index (χ2v) is 7.26. The molecule has 0 aliphatic rings. The van der Waals surface area contributed by atoms with E-state index in [0.29, 0.717) is 25.4 Å². The van der Waals surface area contributed by atoms with Crippen LogP contribution in [0.2, 0.25) is 0 Å². The van der Waals surface area contributed by atoms with Gasteiger partial charge in [0.15, 0.2) is 0 Å². The summed E-state index contributed by atoms with van der Waals surface area (Å²) in [6, 6.07) is 13.4. The fourth-order valence-corrected chi connectivity index (χ4v) is 2.98. The number of hydrogen-bond donors (Lipinski definition) is 1. The van der Waals surface area contributed by atoms with Crippen LogP contribution in [-0.4, -0.2) is 40.8 Å². The quantitative estimate of drug-likeness (QED) is 0.581. The Morgan fingerprint density at radius 3 is 2.73 bits per heavy atom. The van der Waals surface area contributed by atoms with E-state index in [2.05, 4.69) is 20.5 Å². The Hall–Kier alpha value is -3.26. The van der Waals surface area contributed by atoms with Gasteiger partial charge in [-0.15, -0.1) is 0 Å². The summed E-state index contributed by atoms with van der Waals surface area (Å²) in [5.41, 5.74) is 2.96. The van der Waals surface area contributed by atoms with Crippen LogP contribution in [0.3, 0.4) is 0 Å². The SMILES string of the molecule is Cc1nonc1CN(C)Cc1cccc(O[C@H](C)CNC(=O)c2cccc(F)c2)c1. The first kappa shape index (κ1) is 21.4. The Kier molecular flexibility index (Phi) is 7.13. The van der Waals surface area contributed by atoms with Crippen molar-refractivity contribution in [2.24, 2.45) is 0 Å². The largest absolute Gasteiger partial charge is 0.489 e. The van der Waals surface area contributed by atoms with Crippen LogP contribution in [0.4, 0.5) is 4.39 Å². The van der Waals surface area contributed by atoms with Crippen LogP contribution in [-0.2, 0) is 13.1 Å². The molecule has 0 bridgehead atoms. The summed E-state index contributed by atoms with van der Waals surface area (Å²) in [5.74, 6) is -0.0608. The molecule has 3 aromatic rings. The minimum absolute atomic E-state index is 0.251. The molecular formula is C22H25FN4O3. The molecule has 0 aliphatic carbocycles. The predicted molar refractivity (Wildman–Crippen MR) is 109 cm³/mol. The average Bonchev–Trinajstić information content (AvgIpc) is 3.10. The van der Waals surface area contributed by atoms with E-state index < -0.39 is 5.82 Å². The molecule has 0 fully saturated rings. The summed E-state index contributed by atoms with van der Waals surface area (Å²) in [7, 11) is 1.99. The monoisotopic (exact) mass is 412 g/mol. The highest BCUT2D eigenvalue weighted by molar-refractivity contribution is 5.94. The lowest BCUT2D eigenvalue weighted by molar-refractivity contribution is 0.0931. The third-order valence-corrected chi connectivity index (χ3v) is 4.49. The first-order valence-electron chi connectivity index (χ1n) is 9.66. The van der Waals surface area contributed by atoms with Crippen LogP contribution in [0.15, 0.2) is 53.2 Å². The lowest BCUT2D eigenvalue weighted by atomic mass is 10.2. The summed E-state index contributed by atoms with van der Waals surface area (Å²) in [6.07, 6.45) is -0.251. The second kappa shape index (κ2) is 9.98. The van der Waals surface area contributed by atoms with Gasteiger partial charge in [0.05, 0.1) is 6.54 Å². The number of carbonyl (C=O) groups is 1. The minimum Gasteiger partial charge on any atom is -0.489 e. The molecule has 3 rings (SSSR count). The van der Waals surface area contributed by atoms with E-state index >= 15 is 0 Å². The highest BCUT2D eigenvalue weighted by Crippen LogP contribution is 2.17. The molecule has 1 heterocycles. The highest BCUT2D eigenvalue weighted by Gasteiger charge is 2.12. The van der Waals surface area contributed by atoms with Gasteiger partial charge in [-0.2, -0.15) is 0 Å². The molecule has 8 heteroatoms. The first-order chi connectivity index (χ1) is 14.4. The molecule has 0 radical (unpaired) electrons. The summed E-state index contributed by atoms with van der Waals surface area (Å²) in [4.78, 5) is 14.2. The molecule has 0 spiro atoms. The minimum atomic E-state index is -0.441. The van der Waals surface area contributed by atoms with Gasteiger partial charge in [-0.1, -0.05) is 28.5 Å². The molecule has 1 aromatic heterocycles. The van der Waals surface area contributed by atoms with Crippen molar-refractivity contribution in [1.29, 1.82) is 0 Å². The number of benzene rings is 2. The molecule has 158 valence electrons. The van der Waals surface area contributed by atoms with Crippen LogP contribution in [0.25, 0.3) is 0 Å². The molecular weight excluding hydrogens is 387 g/mol. The molecule has 2 aromatic carbocycles. The van der Waals surface area contributed by atoms with Gasteiger partial charge < -0.3 is 10.1 Å². The topological polar surface area (TPSA) is 80.5 Å². The van der Waals surface area contributed by atoms with E-state index in [-0.39, 0.29) is 17.6 Å². The molecule has 0 saturated heterocycles. The van der Waals surface area contributed by atoms with Crippen molar-refractivity contribution in [3.8, 4) is 5.75 Å². The number of carbonyl (C=O) groups excluding carboxylic acids is 1. The molecule has 1 N–H and O–H groups in total. The maximum absolute atomic E-state index is 13.2. The first-order valence-corrected chi connectivity index (χ1v) is 9.66. The Labute approximate surface area is 174 Å². The van der Waals surface area contributed by atoms with E-state index in [0.717, 1.165) is 17.0 Å². The van der Waals surface area contributed by atoms with E-state index in [1.54, 1.807) is 6.07 Å². The van der Waals surface area contributed by atoms with Gasteiger partial charge in [0.1, 0.15) is 29.1 Å². The highest BCUT2D eigenvalue weighted by atomic mass is 19.1. The van der Waals surface area contributed by atoms with Crippen LogP contribution in [0.5, 0.6) is 5.75 Å². The van der Waals surface area contributed by atoms with E-state index in [4.69, 9.17) is 9.37 Å². The van der Waals surface area contributed by atoms with Crippen LogP contribution in [0.1, 0.15) is 34.2 Å². The summed E-state index contributed by atoms with van der Waals surface area (Å²) >= 11 is 0. The molecule has 30 heavy (non-hydrogen) atoms. The normalized spacial score (nSPS) is 12.0. The third kappa shape index (κ3) is 6.12. The number of nitrogens with one attached hydrogen (secondary N) is 1. The molecule has 0 saturated carbocycles. The van der Waals surface area contributed by atoms with Crippen molar-refractivity contribution >= 4 is 5.91 Å². The number of halogens is 1. The Morgan fingerprint density at radius 1 is 1.20 bits per heavy atom. The molecule has 0 aliphatic heterocycles. The van der Waals surface area contributed by atoms with Gasteiger partial charge in [-0.25, -0.2) is 9.02 Å². The molecule has 1 atom stereocenters. The van der Waals surface area contributed by atoms with Gasteiger partial charge >= 0.3 is 0 Å². The summed E-state index contributed by atoms with van der Waals surface area (Å²) < 4.78 is 23.9. The number of aryl methyl sites for hydroxylation is 1. The van der Waals surface area contributed by atoms with Gasteiger partial charge in [0, 0.05) is 18.7 Å². The fourth-order valence-electron chi connectivity index (χ4n) is 2.98. The van der Waals surface area contributed by atoms with Crippen molar-refractivity contribution in [3.63, 3.8) is 0 Å². The number of amides is 1. The lowest BCUT2D eigenvalue weighted by Crippen LogP contribution is -2.33. The number of aromatic nitrogens is 2. The van der Waals surface area contributed by atoms with Crippen molar-refractivity contribution in [2.45, 2.75) is 33.0 Å². The Balaban J connectivity index is 1.50. The van der Waals surface area contributed by atoms with E-state index in [1.807, 2.05) is 45.2 Å². The lowest BCUT2D eigenvalue weighted by Gasteiger charge is -2.18. The standard InChI is InChI=1S/C22H25FN4O3/c1-15(12-24-22(28)18-7-5-8-19(23)11-18)29-20-9-4-6-17(10-20)13-27(3)14-21-16(2)25-30-26-21/h4-11,15H,12-14H2,1-3H3,(H,24,28)/t15-/m1/s1. The molecule has 0 unspecified atom stereocenters. The fraction of sp³-hybridized carbons (Fsp3) is 0.318. The van der Waals surface area contributed by atoms with Crippen molar-refractivity contribution in [3.05, 3.63) is 76.9 Å². The maximum Gasteiger partial charge on any atom is 0.251 e. The molecule has 1 amide bonds. The zero-order valence-corrected chi connectivity index (χ0v) is 17.3. The van der Waals surface area contributed by atoms with Crippen LogP contribution in [0, 0.1) is 12.7 Å². The number of rotatable bonds is 9. The van der Waals surface area contributed by atoms with E-state index in [1.165, 1.54) is 18.2 Å². The number of hydrogen-bond acceptors (Lipinski definition) is 6. The van der Waals surface area contributed by atoms with Crippen LogP contribution >= 0.6 is 0 Å². The van der Waals surface area contributed by atoms with Crippen molar-refractivity contribution in [1.82, 2.24) is 20.5 Å². The van der Waals surface area contributed by atoms with E-state index in [9.17, 15) is 9.18 Å². The number of ether oxygens (including phenoxy) is 1. The second-order valence-electron chi connectivity index (χ2n) is 7.26. The van der Waals surface area contributed by atoms with Gasteiger partial charge in [0.25, 0.3) is 5.91 Å². The predicted octanol–water partition coefficient (Wildman–Crippen LogP) is 3.35. The van der Waals surface area contributed by atoms with Gasteiger partial charge in [-0.3, -0.25) is 9.69 Å². The van der Waals surface area contributed by atoms with Crippen molar-refractivity contribution < 1.29 is 18.6 Å². The summed E-state index contributed by atoms with van der Waals surface area (Å²) in [6.45, 7) is 5.36. The zero-order chi connectivity index (χ0) is 21.5.